The normalized spacial score (nSPS) is 20.3. The van der Waals surface area contributed by atoms with Crippen molar-refractivity contribution in [3.05, 3.63) is 35.4 Å². The monoisotopic (exact) mass is 339 g/mol. The van der Waals surface area contributed by atoms with Gasteiger partial charge in [0.05, 0.1) is 31.5 Å². The predicted molar refractivity (Wildman–Crippen MR) is 87.8 cm³/mol. The summed E-state index contributed by atoms with van der Waals surface area (Å²) in [7, 11) is 1.31. The van der Waals surface area contributed by atoms with E-state index in [1.165, 1.54) is 7.11 Å². The number of methoxy groups -OCH3 is 1. The number of hydrogen-bond acceptors (Lipinski definition) is 6. The number of aliphatic hydroxyl groups excluding tert-OH is 1. The van der Waals surface area contributed by atoms with Gasteiger partial charge in [-0.05, 0) is 36.4 Å². The van der Waals surface area contributed by atoms with Gasteiger partial charge in [-0.15, -0.1) is 0 Å². The predicted octanol–water partition coefficient (Wildman–Crippen LogP) is 1.09. The minimum Gasteiger partial charge on any atom is -0.465 e. The summed E-state index contributed by atoms with van der Waals surface area (Å²) in [5.74, 6) is 1.13. The number of ether oxygens (including phenoxy) is 2. The number of carbonyl (C=O) groups is 2. The van der Waals surface area contributed by atoms with Crippen LogP contribution in [0.2, 0.25) is 0 Å². The van der Waals surface area contributed by atoms with Crippen molar-refractivity contribution in [2.75, 3.05) is 38.4 Å². The number of aliphatic hydroxyl groups is 1. The van der Waals surface area contributed by atoms with E-state index < -0.39 is 11.6 Å². The van der Waals surface area contributed by atoms with Crippen LogP contribution in [0.25, 0.3) is 0 Å². The molecule has 2 N–H and O–H groups in total. The molecule has 0 aliphatic carbocycles. The molecular formula is C16H21NO5S. The van der Waals surface area contributed by atoms with Gasteiger partial charge in [0.25, 0.3) is 5.91 Å². The van der Waals surface area contributed by atoms with Crippen LogP contribution in [0, 0.1) is 0 Å². The fourth-order valence-electron chi connectivity index (χ4n) is 2.37. The number of benzene rings is 1. The fraction of sp³-hybridized carbons (Fsp3) is 0.500. The molecule has 7 heteroatoms. The Balaban J connectivity index is 1.94. The van der Waals surface area contributed by atoms with Crippen molar-refractivity contribution >= 4 is 23.6 Å². The summed E-state index contributed by atoms with van der Waals surface area (Å²) < 4.78 is 10.4. The highest BCUT2D eigenvalue weighted by atomic mass is 32.2. The molecule has 0 bridgehead atoms. The zero-order chi connectivity index (χ0) is 16.7. The molecule has 1 aliphatic rings. The topological polar surface area (TPSA) is 84.9 Å². The van der Waals surface area contributed by atoms with Crippen LogP contribution in [-0.4, -0.2) is 61.0 Å². The summed E-state index contributed by atoms with van der Waals surface area (Å²) in [6.07, 6.45) is 0.846. The highest BCUT2D eigenvalue weighted by molar-refractivity contribution is 7.99. The molecule has 126 valence electrons. The van der Waals surface area contributed by atoms with Crippen molar-refractivity contribution in [1.29, 1.82) is 0 Å². The van der Waals surface area contributed by atoms with Gasteiger partial charge < -0.3 is 19.9 Å². The Morgan fingerprint density at radius 2 is 2.00 bits per heavy atom. The Morgan fingerprint density at radius 1 is 1.30 bits per heavy atom. The summed E-state index contributed by atoms with van der Waals surface area (Å²) in [5, 5.41) is 11.8. The number of esters is 1. The maximum Gasteiger partial charge on any atom is 0.337 e. The van der Waals surface area contributed by atoms with E-state index in [4.69, 9.17) is 9.84 Å². The molecule has 0 radical (unpaired) electrons. The number of carbonyl (C=O) groups excluding carboxylic acids is 2. The van der Waals surface area contributed by atoms with Crippen molar-refractivity contribution in [3.63, 3.8) is 0 Å². The number of rotatable bonds is 7. The molecule has 1 saturated heterocycles. The van der Waals surface area contributed by atoms with E-state index in [1.54, 1.807) is 36.0 Å². The summed E-state index contributed by atoms with van der Waals surface area (Å²) in [6, 6.07) is 6.30. The van der Waals surface area contributed by atoms with E-state index >= 15 is 0 Å². The third-order valence-corrected chi connectivity index (χ3v) is 4.93. The van der Waals surface area contributed by atoms with E-state index in [2.05, 4.69) is 10.1 Å². The lowest BCUT2D eigenvalue weighted by molar-refractivity contribution is -0.0378. The fourth-order valence-corrected chi connectivity index (χ4v) is 3.74. The van der Waals surface area contributed by atoms with Gasteiger partial charge in [0.15, 0.2) is 0 Å². The van der Waals surface area contributed by atoms with Gasteiger partial charge in [-0.3, -0.25) is 4.79 Å². The molecule has 6 nitrogen and oxygen atoms in total. The summed E-state index contributed by atoms with van der Waals surface area (Å²) in [6.45, 7) is 0.636. The van der Waals surface area contributed by atoms with E-state index in [9.17, 15) is 9.59 Å². The van der Waals surface area contributed by atoms with Crippen LogP contribution in [0.4, 0.5) is 0 Å². The first-order valence-electron chi connectivity index (χ1n) is 7.39. The largest absolute Gasteiger partial charge is 0.465 e. The number of amides is 1. The molecule has 1 heterocycles. The van der Waals surface area contributed by atoms with Gasteiger partial charge in [0, 0.05) is 17.9 Å². The number of thioether (sulfide) groups is 1. The minimum atomic E-state index is -0.434. The average Bonchev–Trinajstić information content (AvgIpc) is 3.06. The molecule has 1 aromatic rings. The van der Waals surface area contributed by atoms with Gasteiger partial charge in [-0.1, -0.05) is 0 Å². The lowest BCUT2D eigenvalue weighted by atomic mass is 10.0. The maximum absolute atomic E-state index is 12.2. The van der Waals surface area contributed by atoms with E-state index in [0.29, 0.717) is 17.7 Å². The van der Waals surface area contributed by atoms with Crippen molar-refractivity contribution < 1.29 is 24.2 Å². The molecule has 2 rings (SSSR count). The molecule has 1 fully saturated rings. The van der Waals surface area contributed by atoms with Crippen molar-refractivity contribution in [2.45, 2.75) is 12.0 Å². The smallest absolute Gasteiger partial charge is 0.337 e. The Morgan fingerprint density at radius 3 is 2.57 bits per heavy atom. The first-order chi connectivity index (χ1) is 11.1. The van der Waals surface area contributed by atoms with Crippen molar-refractivity contribution in [1.82, 2.24) is 5.32 Å². The van der Waals surface area contributed by atoms with Gasteiger partial charge in [0.1, 0.15) is 0 Å². The third kappa shape index (κ3) is 4.70. The molecule has 0 aromatic heterocycles. The molecule has 1 unspecified atom stereocenters. The second kappa shape index (κ2) is 8.33. The highest BCUT2D eigenvalue weighted by Crippen LogP contribution is 2.30. The zero-order valence-electron chi connectivity index (χ0n) is 13.0. The van der Waals surface area contributed by atoms with Crippen LogP contribution in [0.5, 0.6) is 0 Å². The van der Waals surface area contributed by atoms with Gasteiger partial charge in [-0.25, -0.2) is 4.79 Å². The average molecular weight is 339 g/mol. The van der Waals surface area contributed by atoms with Gasteiger partial charge in [0.2, 0.25) is 0 Å². The second-order valence-electron chi connectivity index (χ2n) is 5.31. The molecule has 0 spiro atoms. The summed E-state index contributed by atoms with van der Waals surface area (Å²) in [4.78, 5) is 23.6. The van der Waals surface area contributed by atoms with Crippen molar-refractivity contribution in [2.24, 2.45) is 0 Å². The molecule has 0 saturated carbocycles. The molecular weight excluding hydrogens is 318 g/mol. The van der Waals surface area contributed by atoms with E-state index in [0.717, 1.165) is 17.9 Å². The highest BCUT2D eigenvalue weighted by Gasteiger charge is 2.35. The van der Waals surface area contributed by atoms with Gasteiger partial charge >= 0.3 is 5.97 Å². The Kier molecular flexibility index (Phi) is 6.44. The molecule has 23 heavy (non-hydrogen) atoms. The Bertz CT molecular complexity index is 540. The summed E-state index contributed by atoms with van der Waals surface area (Å²) in [5.41, 5.74) is 0.467. The van der Waals surface area contributed by atoms with Crippen LogP contribution in [-0.2, 0) is 9.47 Å². The molecule has 1 aromatic carbocycles. The van der Waals surface area contributed by atoms with Crippen LogP contribution in [0.3, 0.4) is 0 Å². The lowest BCUT2D eigenvalue weighted by Crippen LogP contribution is -2.45. The van der Waals surface area contributed by atoms with Crippen molar-refractivity contribution in [3.8, 4) is 0 Å². The zero-order valence-corrected chi connectivity index (χ0v) is 13.9. The lowest BCUT2D eigenvalue weighted by Gasteiger charge is -2.28. The molecule has 1 aliphatic heterocycles. The number of nitrogens with one attached hydrogen (secondary N) is 1. The SMILES string of the molecule is COC(=O)c1ccc(C(=O)NCC2(OCCO)CCSC2)cc1. The Hall–Kier alpha value is -1.57. The second-order valence-corrected chi connectivity index (χ2v) is 6.41. The van der Waals surface area contributed by atoms with Crippen LogP contribution in [0.1, 0.15) is 27.1 Å². The van der Waals surface area contributed by atoms with E-state index in [1.807, 2.05) is 0 Å². The van der Waals surface area contributed by atoms with Crippen LogP contribution >= 0.6 is 11.8 Å². The Labute approximate surface area is 139 Å². The number of hydrogen-bond donors (Lipinski definition) is 2. The van der Waals surface area contributed by atoms with Gasteiger partial charge in [-0.2, -0.15) is 11.8 Å². The molecule has 1 atom stereocenters. The first kappa shape index (κ1) is 17.8. The maximum atomic E-state index is 12.2. The first-order valence-corrected chi connectivity index (χ1v) is 8.55. The third-order valence-electron chi connectivity index (χ3n) is 3.71. The quantitative estimate of drug-likeness (QED) is 0.724. The minimum absolute atomic E-state index is 0.0324. The van der Waals surface area contributed by atoms with Crippen LogP contribution < -0.4 is 5.32 Å². The molecule has 1 amide bonds. The van der Waals surface area contributed by atoms with E-state index in [-0.39, 0.29) is 19.1 Å². The summed E-state index contributed by atoms with van der Waals surface area (Å²) >= 11 is 1.78. The standard InChI is InChI=1S/C16H21NO5S/c1-21-15(20)13-4-2-12(3-5-13)14(19)17-10-16(22-8-7-18)6-9-23-11-16/h2-5,18H,6-11H2,1H3,(H,17,19). The van der Waals surface area contributed by atoms with Crippen LogP contribution in [0.15, 0.2) is 24.3 Å².